The highest BCUT2D eigenvalue weighted by Gasteiger charge is 2.22. The maximum atomic E-state index is 10.2. The Bertz CT molecular complexity index is 402. The molecule has 1 aromatic carbocycles. The monoisotopic (exact) mass is 276 g/mol. The Morgan fingerprint density at radius 2 is 1.55 bits per heavy atom. The molecular formula is C18H28O2. The normalized spacial score (nSPS) is 24.8. The Hall–Kier alpha value is -1.02. The molecule has 1 aliphatic carbocycles. The molecule has 0 saturated heterocycles. The number of ether oxygens (including phenoxy) is 1. The summed E-state index contributed by atoms with van der Waals surface area (Å²) in [4.78, 5) is 0. The van der Waals surface area contributed by atoms with E-state index in [1.807, 2.05) is 12.1 Å². The van der Waals surface area contributed by atoms with Crippen molar-refractivity contribution in [3.05, 3.63) is 29.8 Å². The van der Waals surface area contributed by atoms with Crippen LogP contribution in [0.3, 0.4) is 0 Å². The van der Waals surface area contributed by atoms with Crippen LogP contribution in [0, 0.1) is 0 Å². The minimum atomic E-state index is -0.322. The molecule has 0 amide bonds. The van der Waals surface area contributed by atoms with E-state index in [0.29, 0.717) is 0 Å². The summed E-state index contributed by atoms with van der Waals surface area (Å²) in [5, 5.41) is 10.2. The molecule has 1 fully saturated rings. The summed E-state index contributed by atoms with van der Waals surface area (Å²) >= 11 is 0. The highest BCUT2D eigenvalue weighted by atomic mass is 16.5. The summed E-state index contributed by atoms with van der Waals surface area (Å²) in [6.45, 7) is 6.63. The summed E-state index contributed by atoms with van der Waals surface area (Å²) in [6, 6.07) is 8.33. The zero-order valence-corrected chi connectivity index (χ0v) is 13.1. The molecule has 1 N–H and O–H groups in total. The summed E-state index contributed by atoms with van der Waals surface area (Å²) < 4.78 is 6.02. The Labute approximate surface area is 123 Å². The third-order valence-corrected chi connectivity index (χ3v) is 4.18. The van der Waals surface area contributed by atoms with Gasteiger partial charge in [-0.1, -0.05) is 52.2 Å². The average Bonchev–Trinajstić information content (AvgIpc) is 2.38. The van der Waals surface area contributed by atoms with E-state index >= 15 is 0 Å². The van der Waals surface area contributed by atoms with Crippen molar-refractivity contribution in [3.8, 4) is 5.75 Å². The first-order valence-corrected chi connectivity index (χ1v) is 7.92. The van der Waals surface area contributed by atoms with Crippen molar-refractivity contribution in [2.24, 2.45) is 0 Å². The second-order valence-electron chi connectivity index (χ2n) is 6.99. The molecule has 2 heteroatoms. The zero-order chi connectivity index (χ0) is 14.6. The molecule has 2 unspecified atom stereocenters. The number of hydrogen-bond donors (Lipinski definition) is 1. The standard InChI is InChI=1S/C18H28O2/c1-18(2,3)14-10-12-15(13-11-14)20-17-9-7-5-4-6-8-16(17)19/h10-13,16-17,19H,4-9H2,1-3H3. The second kappa shape index (κ2) is 6.62. The van der Waals surface area contributed by atoms with Gasteiger partial charge in [-0.2, -0.15) is 0 Å². The van der Waals surface area contributed by atoms with Gasteiger partial charge in [0.15, 0.2) is 0 Å². The van der Waals surface area contributed by atoms with Gasteiger partial charge >= 0.3 is 0 Å². The maximum Gasteiger partial charge on any atom is 0.124 e. The van der Waals surface area contributed by atoms with Crippen molar-refractivity contribution in [2.75, 3.05) is 0 Å². The van der Waals surface area contributed by atoms with Gasteiger partial charge in [-0.25, -0.2) is 0 Å². The molecule has 2 nitrogen and oxygen atoms in total. The van der Waals surface area contributed by atoms with Gasteiger partial charge in [-0.3, -0.25) is 0 Å². The quantitative estimate of drug-likeness (QED) is 0.865. The molecule has 0 heterocycles. The molecule has 2 rings (SSSR count). The van der Waals surface area contributed by atoms with Gasteiger partial charge in [-0.15, -0.1) is 0 Å². The molecule has 1 aliphatic rings. The largest absolute Gasteiger partial charge is 0.488 e. The van der Waals surface area contributed by atoms with Gasteiger partial charge in [0.05, 0.1) is 6.10 Å². The highest BCUT2D eigenvalue weighted by Crippen LogP contribution is 2.26. The van der Waals surface area contributed by atoms with Crippen LogP contribution in [0.5, 0.6) is 5.75 Å². The Morgan fingerprint density at radius 1 is 0.950 bits per heavy atom. The molecular weight excluding hydrogens is 248 g/mol. The van der Waals surface area contributed by atoms with Crippen LogP contribution in [-0.4, -0.2) is 17.3 Å². The first-order valence-electron chi connectivity index (χ1n) is 7.92. The van der Waals surface area contributed by atoms with E-state index in [1.165, 1.54) is 18.4 Å². The molecule has 2 atom stereocenters. The fourth-order valence-corrected chi connectivity index (χ4v) is 2.78. The lowest BCUT2D eigenvalue weighted by atomic mass is 9.87. The number of aliphatic hydroxyl groups excluding tert-OH is 1. The lowest BCUT2D eigenvalue weighted by Gasteiger charge is -2.27. The Kier molecular flexibility index (Phi) is 5.09. The summed E-state index contributed by atoms with van der Waals surface area (Å²) in [5.41, 5.74) is 1.47. The summed E-state index contributed by atoms with van der Waals surface area (Å²) in [7, 11) is 0. The number of benzene rings is 1. The van der Waals surface area contributed by atoms with Crippen LogP contribution < -0.4 is 4.74 Å². The molecule has 1 saturated carbocycles. The van der Waals surface area contributed by atoms with Crippen LogP contribution in [0.1, 0.15) is 64.9 Å². The van der Waals surface area contributed by atoms with Gasteiger partial charge in [0.25, 0.3) is 0 Å². The first kappa shape index (κ1) is 15.4. The van der Waals surface area contributed by atoms with Crippen molar-refractivity contribution in [1.29, 1.82) is 0 Å². The van der Waals surface area contributed by atoms with Crippen LogP contribution in [-0.2, 0) is 5.41 Å². The third kappa shape index (κ3) is 4.24. The lowest BCUT2D eigenvalue weighted by Crippen LogP contribution is -2.32. The summed E-state index contributed by atoms with van der Waals surface area (Å²) in [6.07, 6.45) is 6.23. The molecule has 0 bridgehead atoms. The average molecular weight is 276 g/mol. The van der Waals surface area contributed by atoms with Crippen molar-refractivity contribution >= 4 is 0 Å². The van der Waals surface area contributed by atoms with Gasteiger partial charge in [-0.05, 0) is 42.4 Å². The van der Waals surface area contributed by atoms with Crippen LogP contribution in [0.25, 0.3) is 0 Å². The van der Waals surface area contributed by atoms with Crippen LogP contribution >= 0.6 is 0 Å². The van der Waals surface area contributed by atoms with Gasteiger partial charge < -0.3 is 9.84 Å². The van der Waals surface area contributed by atoms with Crippen LogP contribution in [0.15, 0.2) is 24.3 Å². The number of hydrogen-bond acceptors (Lipinski definition) is 2. The first-order chi connectivity index (χ1) is 9.47. The van der Waals surface area contributed by atoms with E-state index in [0.717, 1.165) is 31.4 Å². The SMILES string of the molecule is CC(C)(C)c1ccc(OC2CCCCCCC2O)cc1. The van der Waals surface area contributed by atoms with Crippen LogP contribution in [0.4, 0.5) is 0 Å². The topological polar surface area (TPSA) is 29.5 Å². The molecule has 0 radical (unpaired) electrons. The van der Waals surface area contributed by atoms with Gasteiger partial charge in [0.2, 0.25) is 0 Å². The molecule has 0 aromatic heterocycles. The van der Waals surface area contributed by atoms with E-state index in [2.05, 4.69) is 32.9 Å². The third-order valence-electron chi connectivity index (χ3n) is 4.18. The van der Waals surface area contributed by atoms with E-state index < -0.39 is 0 Å². The fraction of sp³-hybridized carbons (Fsp3) is 0.667. The van der Waals surface area contributed by atoms with Crippen molar-refractivity contribution in [3.63, 3.8) is 0 Å². The number of rotatable bonds is 2. The smallest absolute Gasteiger partial charge is 0.124 e. The van der Waals surface area contributed by atoms with Crippen molar-refractivity contribution in [2.45, 2.75) is 76.9 Å². The molecule has 0 aliphatic heterocycles. The summed E-state index contributed by atoms with van der Waals surface area (Å²) in [5.74, 6) is 0.877. The number of aliphatic hydroxyl groups is 1. The van der Waals surface area contributed by atoms with Gasteiger partial charge in [0.1, 0.15) is 11.9 Å². The van der Waals surface area contributed by atoms with Crippen molar-refractivity contribution in [1.82, 2.24) is 0 Å². The van der Waals surface area contributed by atoms with Gasteiger partial charge in [0, 0.05) is 0 Å². The molecule has 20 heavy (non-hydrogen) atoms. The fourth-order valence-electron chi connectivity index (χ4n) is 2.78. The molecule has 1 aromatic rings. The Morgan fingerprint density at radius 3 is 2.15 bits per heavy atom. The minimum Gasteiger partial charge on any atom is -0.488 e. The second-order valence-corrected chi connectivity index (χ2v) is 6.99. The molecule has 0 spiro atoms. The predicted octanol–water partition coefficient (Wildman–Crippen LogP) is 4.45. The van der Waals surface area contributed by atoms with E-state index in [1.54, 1.807) is 0 Å². The zero-order valence-electron chi connectivity index (χ0n) is 13.1. The minimum absolute atomic E-state index is 0.0456. The molecule has 112 valence electrons. The maximum absolute atomic E-state index is 10.2. The van der Waals surface area contributed by atoms with Crippen LogP contribution in [0.2, 0.25) is 0 Å². The Balaban J connectivity index is 2.01. The van der Waals surface area contributed by atoms with E-state index in [9.17, 15) is 5.11 Å². The highest BCUT2D eigenvalue weighted by molar-refractivity contribution is 5.31. The lowest BCUT2D eigenvalue weighted by molar-refractivity contribution is 0.0187. The van der Waals surface area contributed by atoms with E-state index in [-0.39, 0.29) is 17.6 Å². The van der Waals surface area contributed by atoms with E-state index in [4.69, 9.17) is 4.74 Å². The predicted molar refractivity (Wildman–Crippen MR) is 83.3 cm³/mol. The van der Waals surface area contributed by atoms with Crippen molar-refractivity contribution < 1.29 is 9.84 Å².